The molecule has 0 aliphatic rings. The first-order valence-corrected chi connectivity index (χ1v) is 15.3. The van der Waals surface area contributed by atoms with E-state index in [2.05, 4.69) is 144 Å². The molecule has 0 radical (unpaired) electrons. The van der Waals surface area contributed by atoms with Gasteiger partial charge in [-0.25, -0.2) is 0 Å². The molecular weight excluding hydrogens is 564 g/mol. The summed E-state index contributed by atoms with van der Waals surface area (Å²) in [5.74, 6) is 0.0131. The Morgan fingerprint density at radius 2 is 0.978 bits per heavy atom. The van der Waals surface area contributed by atoms with E-state index in [0.29, 0.717) is 16.9 Å². The fraction of sp³-hybridized carbons (Fsp3) is 0. The molecule has 0 saturated carbocycles. The second-order valence-electron chi connectivity index (χ2n) is 11.4. The lowest BCUT2D eigenvalue weighted by Gasteiger charge is -2.28. The maximum atomic E-state index is 10.2. The highest BCUT2D eigenvalue weighted by atomic mass is 16.3. The molecule has 0 fully saturated rings. The molecule has 3 N–H and O–H groups in total. The summed E-state index contributed by atoms with van der Waals surface area (Å²) in [6.45, 7) is 0. The molecule has 0 amide bonds. The number of hydrogen-bond donors (Lipinski definition) is 2. The number of phenolic OH excluding ortho intramolecular Hbond substituents is 1. The van der Waals surface area contributed by atoms with Crippen molar-refractivity contribution in [3.63, 3.8) is 0 Å². The second-order valence-corrected chi connectivity index (χ2v) is 11.4. The minimum absolute atomic E-state index is 0.0131. The number of hydrogen-bond acceptors (Lipinski definition) is 4. The van der Waals surface area contributed by atoms with Gasteiger partial charge in [0.2, 0.25) is 0 Å². The molecule has 4 nitrogen and oxygen atoms in total. The molecule has 7 aromatic carbocycles. The van der Waals surface area contributed by atoms with Gasteiger partial charge in [0, 0.05) is 39.8 Å². The van der Waals surface area contributed by atoms with Crippen LogP contribution in [0, 0.1) is 0 Å². The van der Waals surface area contributed by atoms with Crippen LogP contribution in [0.1, 0.15) is 0 Å². The van der Waals surface area contributed by atoms with Crippen LogP contribution in [0.15, 0.2) is 168 Å². The molecule has 0 aliphatic heterocycles. The summed E-state index contributed by atoms with van der Waals surface area (Å²) in [5, 5.41) is 12.0. The van der Waals surface area contributed by atoms with Crippen LogP contribution in [0.2, 0.25) is 0 Å². The largest absolute Gasteiger partial charge is 0.506 e. The van der Waals surface area contributed by atoms with Gasteiger partial charge < -0.3 is 20.2 Å². The fourth-order valence-electron chi connectivity index (χ4n) is 6.20. The van der Waals surface area contributed by atoms with Gasteiger partial charge in [-0.15, -0.1) is 0 Å². The summed E-state index contributed by atoms with van der Waals surface area (Å²) < 4.78 is 6.26. The molecule has 0 spiro atoms. The highest BCUT2D eigenvalue weighted by molar-refractivity contribution is 6.08. The summed E-state index contributed by atoms with van der Waals surface area (Å²) in [7, 11) is 0. The molecule has 0 aliphatic carbocycles. The van der Waals surface area contributed by atoms with Crippen LogP contribution in [0.5, 0.6) is 5.75 Å². The minimum Gasteiger partial charge on any atom is -0.506 e. The quantitative estimate of drug-likeness (QED) is 0.148. The zero-order chi connectivity index (χ0) is 31.0. The van der Waals surface area contributed by atoms with E-state index in [0.717, 1.165) is 44.5 Å². The summed E-state index contributed by atoms with van der Waals surface area (Å²) in [6, 6.07) is 56.3. The van der Waals surface area contributed by atoms with E-state index in [1.807, 2.05) is 12.1 Å². The number of aromatic hydroxyl groups is 1. The Hall–Kier alpha value is -6.26. The molecule has 0 atom stereocenters. The summed E-state index contributed by atoms with van der Waals surface area (Å²) in [4.78, 5) is 2.27. The highest BCUT2D eigenvalue weighted by Gasteiger charge is 2.19. The van der Waals surface area contributed by atoms with Crippen molar-refractivity contribution in [3.8, 4) is 39.1 Å². The number of rotatable bonds is 6. The molecule has 4 heteroatoms. The maximum absolute atomic E-state index is 10.2. The van der Waals surface area contributed by atoms with Crippen LogP contribution in [0.4, 0.5) is 22.7 Å². The number of nitrogens with zero attached hydrogens (tertiary/aromatic N) is 1. The Kier molecular flexibility index (Phi) is 6.73. The zero-order valence-corrected chi connectivity index (χ0v) is 25.0. The molecule has 0 saturated heterocycles. The first kappa shape index (κ1) is 27.3. The monoisotopic (exact) mass is 594 g/mol. The van der Waals surface area contributed by atoms with Gasteiger partial charge >= 0.3 is 0 Å². The van der Waals surface area contributed by atoms with E-state index in [1.54, 1.807) is 12.1 Å². The first-order chi connectivity index (χ1) is 22.6. The van der Waals surface area contributed by atoms with Crippen LogP contribution < -0.4 is 10.6 Å². The molecule has 0 bridgehead atoms. The van der Waals surface area contributed by atoms with Gasteiger partial charge in [-0.05, 0) is 64.2 Å². The molecule has 220 valence electrons. The third kappa shape index (κ3) is 4.92. The van der Waals surface area contributed by atoms with Gasteiger partial charge in [-0.1, -0.05) is 115 Å². The van der Waals surface area contributed by atoms with E-state index < -0.39 is 0 Å². The zero-order valence-electron chi connectivity index (χ0n) is 25.0. The Balaban J connectivity index is 1.28. The fourth-order valence-corrected chi connectivity index (χ4v) is 6.20. The predicted octanol–water partition coefficient (Wildman–Crippen LogP) is 11.3. The average Bonchev–Trinajstić information content (AvgIpc) is 3.46. The van der Waals surface area contributed by atoms with Crippen molar-refractivity contribution in [1.82, 2.24) is 0 Å². The number of furan rings is 1. The molecule has 8 rings (SSSR count). The van der Waals surface area contributed by atoms with Gasteiger partial charge in [0.05, 0.1) is 11.4 Å². The number of para-hydroxylation sites is 1. The Morgan fingerprint density at radius 1 is 0.457 bits per heavy atom. The average molecular weight is 595 g/mol. The molecule has 1 heterocycles. The lowest BCUT2D eigenvalue weighted by atomic mass is 9.98. The number of fused-ring (bicyclic) bond motifs is 3. The number of nitrogen functional groups attached to an aromatic ring is 1. The summed E-state index contributed by atoms with van der Waals surface area (Å²) in [5.41, 5.74) is 17.6. The number of nitrogens with two attached hydrogens (primary N) is 1. The van der Waals surface area contributed by atoms with E-state index in [4.69, 9.17) is 10.2 Å². The van der Waals surface area contributed by atoms with Crippen molar-refractivity contribution in [2.75, 3.05) is 10.6 Å². The standard InChI is InChI=1S/C42H30N2O2/c43-38-26-37-36-24-23-34(25-41(36)46-42(37)27-40(38)45)44(33-21-19-31(20-22-33)29-11-5-2-6-12-29)39-14-8-7-13-35(39)32-17-15-30(16-18-32)28-9-3-1-4-10-28/h1-27,45H,43H2. The lowest BCUT2D eigenvalue weighted by molar-refractivity contribution is 0.477. The van der Waals surface area contributed by atoms with Crippen LogP contribution in [-0.2, 0) is 0 Å². The van der Waals surface area contributed by atoms with Gasteiger partial charge in [0.1, 0.15) is 16.9 Å². The number of phenols is 1. The molecule has 0 unspecified atom stereocenters. The molecule has 8 aromatic rings. The molecule has 46 heavy (non-hydrogen) atoms. The van der Waals surface area contributed by atoms with Crippen molar-refractivity contribution in [2.24, 2.45) is 0 Å². The SMILES string of the molecule is Nc1cc2c(cc1O)oc1cc(N(c3ccc(-c4ccccc4)cc3)c3ccccc3-c3ccc(-c4ccccc4)cc3)ccc12. The van der Waals surface area contributed by atoms with E-state index in [1.165, 1.54) is 16.7 Å². The van der Waals surface area contributed by atoms with Crippen LogP contribution in [0.3, 0.4) is 0 Å². The van der Waals surface area contributed by atoms with Crippen molar-refractivity contribution >= 4 is 44.7 Å². The number of benzene rings is 7. The van der Waals surface area contributed by atoms with E-state index in [-0.39, 0.29) is 5.75 Å². The van der Waals surface area contributed by atoms with Crippen molar-refractivity contribution in [2.45, 2.75) is 0 Å². The van der Waals surface area contributed by atoms with Crippen molar-refractivity contribution in [1.29, 1.82) is 0 Å². The first-order valence-electron chi connectivity index (χ1n) is 15.3. The van der Waals surface area contributed by atoms with Crippen molar-refractivity contribution < 1.29 is 9.52 Å². The Morgan fingerprint density at radius 3 is 1.65 bits per heavy atom. The van der Waals surface area contributed by atoms with E-state index in [9.17, 15) is 5.11 Å². The topological polar surface area (TPSA) is 62.6 Å². The van der Waals surface area contributed by atoms with Gasteiger partial charge in [0.15, 0.2) is 0 Å². The van der Waals surface area contributed by atoms with Gasteiger partial charge in [-0.3, -0.25) is 0 Å². The Labute approximate surface area is 267 Å². The third-order valence-electron chi connectivity index (χ3n) is 8.54. The highest BCUT2D eigenvalue weighted by Crippen LogP contribution is 2.44. The van der Waals surface area contributed by atoms with Gasteiger partial charge in [-0.2, -0.15) is 0 Å². The van der Waals surface area contributed by atoms with Crippen LogP contribution >= 0.6 is 0 Å². The van der Waals surface area contributed by atoms with Gasteiger partial charge in [0.25, 0.3) is 0 Å². The van der Waals surface area contributed by atoms with Crippen molar-refractivity contribution in [3.05, 3.63) is 164 Å². The summed E-state index contributed by atoms with van der Waals surface area (Å²) >= 11 is 0. The smallest absolute Gasteiger partial charge is 0.142 e. The molecule has 1 aromatic heterocycles. The lowest BCUT2D eigenvalue weighted by Crippen LogP contribution is -2.11. The van der Waals surface area contributed by atoms with E-state index >= 15 is 0 Å². The second kappa shape index (κ2) is 11.3. The van der Waals surface area contributed by atoms with Crippen LogP contribution in [-0.4, -0.2) is 5.11 Å². The maximum Gasteiger partial charge on any atom is 0.142 e. The summed E-state index contributed by atoms with van der Waals surface area (Å²) in [6.07, 6.45) is 0. The Bertz CT molecular complexity index is 2310. The predicted molar refractivity (Wildman–Crippen MR) is 191 cm³/mol. The normalized spacial score (nSPS) is 11.2. The molecular formula is C42H30N2O2. The third-order valence-corrected chi connectivity index (χ3v) is 8.54. The number of anilines is 4. The van der Waals surface area contributed by atoms with Crippen LogP contribution in [0.25, 0.3) is 55.3 Å². The minimum atomic E-state index is 0.0131.